The first-order chi connectivity index (χ1) is 19.5. The first-order valence-electron chi connectivity index (χ1n) is 13.9. The Kier molecular flexibility index (Phi) is 11.5. The van der Waals surface area contributed by atoms with E-state index in [-0.39, 0.29) is 50.2 Å². The predicted octanol–water partition coefficient (Wildman–Crippen LogP) is 5.24. The summed E-state index contributed by atoms with van der Waals surface area (Å²) in [5, 5.41) is 2.99. The highest BCUT2D eigenvalue weighted by Crippen LogP contribution is 2.21. The van der Waals surface area contributed by atoms with E-state index in [0.717, 1.165) is 17.4 Å². The van der Waals surface area contributed by atoms with Gasteiger partial charge in [0.05, 0.1) is 11.9 Å². The van der Waals surface area contributed by atoms with Gasteiger partial charge in [0.15, 0.2) is 0 Å². The molecule has 220 valence electrons. The lowest BCUT2D eigenvalue weighted by Gasteiger charge is -2.33. The number of hydrogen-bond donors (Lipinski definition) is 1. The van der Waals surface area contributed by atoms with Gasteiger partial charge in [-0.2, -0.15) is 0 Å². The molecule has 0 spiro atoms. The number of nitrogens with one attached hydrogen (secondary N) is 1. The molecule has 7 nitrogen and oxygen atoms in total. The molecule has 0 heterocycles. The van der Waals surface area contributed by atoms with Gasteiger partial charge in [-0.15, -0.1) is 0 Å². The molecule has 0 saturated heterocycles. The summed E-state index contributed by atoms with van der Waals surface area (Å²) < 4.78 is 41.2. The number of benzene rings is 3. The molecule has 2 atom stereocenters. The van der Waals surface area contributed by atoms with Crippen LogP contribution in [0, 0.1) is 12.7 Å². The molecule has 0 aliphatic rings. The van der Waals surface area contributed by atoms with Gasteiger partial charge in [0.25, 0.3) is 0 Å². The zero-order valence-electron chi connectivity index (χ0n) is 24.2. The molecule has 1 N–H and O–H groups in total. The van der Waals surface area contributed by atoms with Gasteiger partial charge in [-0.05, 0) is 50.5 Å². The van der Waals surface area contributed by atoms with Crippen LogP contribution in [0.15, 0.2) is 78.9 Å². The van der Waals surface area contributed by atoms with Gasteiger partial charge >= 0.3 is 0 Å². The van der Waals surface area contributed by atoms with E-state index in [0.29, 0.717) is 17.7 Å². The fraction of sp³-hybridized carbons (Fsp3) is 0.375. The molecule has 0 bridgehead atoms. The molecule has 0 saturated carbocycles. The molecule has 0 aliphatic carbocycles. The minimum Gasteiger partial charge on any atom is -0.352 e. The molecule has 41 heavy (non-hydrogen) atoms. The van der Waals surface area contributed by atoms with Crippen LogP contribution in [0.25, 0.3) is 0 Å². The average Bonchev–Trinajstić information content (AvgIpc) is 2.94. The SMILES string of the molecule is CCC(C)NC(=O)C(Cc1ccccc1)N(Cc1ccccc1F)C(=O)CCCN(c1ccc(C)cc1)S(C)(=O)=O. The average molecular weight is 582 g/mol. The number of aryl methyl sites for hydroxylation is 1. The summed E-state index contributed by atoms with van der Waals surface area (Å²) in [5.74, 6) is -1.13. The fourth-order valence-corrected chi connectivity index (χ4v) is 5.49. The first kappa shape index (κ1) is 31.8. The van der Waals surface area contributed by atoms with Crippen LogP contribution >= 0.6 is 0 Å². The summed E-state index contributed by atoms with van der Waals surface area (Å²) >= 11 is 0. The Hall–Kier alpha value is -3.72. The third-order valence-electron chi connectivity index (χ3n) is 7.04. The van der Waals surface area contributed by atoms with Gasteiger partial charge in [-0.3, -0.25) is 13.9 Å². The number of anilines is 1. The molecule has 0 aliphatic heterocycles. The van der Waals surface area contributed by atoms with Gasteiger partial charge in [0.2, 0.25) is 21.8 Å². The number of nitrogens with zero attached hydrogens (tertiary/aromatic N) is 2. The van der Waals surface area contributed by atoms with Crippen molar-refractivity contribution < 1.29 is 22.4 Å². The summed E-state index contributed by atoms with van der Waals surface area (Å²) in [7, 11) is -3.60. The standard InChI is InChI=1S/C32H40FN3O4S/c1-5-25(3)34-32(38)30(22-26-12-7-6-8-13-26)35(23-27-14-9-10-15-29(27)33)31(37)16-11-21-36(41(4,39)40)28-19-17-24(2)18-20-28/h6-10,12-15,17-20,25,30H,5,11,16,21-23H2,1-4H3,(H,34,38). The highest BCUT2D eigenvalue weighted by Gasteiger charge is 2.31. The minimum absolute atomic E-state index is 0.0196. The maximum Gasteiger partial charge on any atom is 0.243 e. The second-order valence-electron chi connectivity index (χ2n) is 10.4. The van der Waals surface area contributed by atoms with Crippen LogP contribution in [-0.4, -0.2) is 50.0 Å². The number of rotatable bonds is 14. The molecule has 9 heteroatoms. The van der Waals surface area contributed by atoms with Crippen molar-refractivity contribution in [1.29, 1.82) is 0 Å². The van der Waals surface area contributed by atoms with E-state index < -0.39 is 21.9 Å². The third kappa shape index (κ3) is 9.42. The van der Waals surface area contributed by atoms with E-state index in [4.69, 9.17) is 0 Å². The number of hydrogen-bond acceptors (Lipinski definition) is 4. The molecule has 0 aromatic heterocycles. The lowest BCUT2D eigenvalue weighted by atomic mass is 10.0. The number of amides is 2. The second-order valence-corrected chi connectivity index (χ2v) is 12.3. The molecule has 0 fully saturated rings. The Labute approximate surface area is 243 Å². The van der Waals surface area contributed by atoms with Crippen molar-refractivity contribution in [3.05, 3.63) is 101 Å². The molecule has 3 aromatic rings. The summed E-state index contributed by atoms with van der Waals surface area (Å²) in [5.41, 5.74) is 2.68. The van der Waals surface area contributed by atoms with Crippen molar-refractivity contribution >= 4 is 27.5 Å². The molecular weight excluding hydrogens is 541 g/mol. The van der Waals surface area contributed by atoms with Crippen LogP contribution < -0.4 is 9.62 Å². The summed E-state index contributed by atoms with van der Waals surface area (Å²) in [4.78, 5) is 28.8. The number of carbonyl (C=O) groups excluding carboxylic acids is 2. The van der Waals surface area contributed by atoms with Gasteiger partial charge in [0.1, 0.15) is 11.9 Å². The van der Waals surface area contributed by atoms with Crippen molar-refractivity contribution in [2.45, 2.75) is 65.1 Å². The van der Waals surface area contributed by atoms with E-state index in [1.54, 1.807) is 30.3 Å². The first-order valence-corrected chi connectivity index (χ1v) is 15.8. The quantitative estimate of drug-likeness (QED) is 0.282. The zero-order chi connectivity index (χ0) is 30.0. The maximum atomic E-state index is 14.8. The lowest BCUT2D eigenvalue weighted by molar-refractivity contribution is -0.141. The minimum atomic E-state index is -3.60. The molecule has 2 amide bonds. The van der Waals surface area contributed by atoms with Crippen molar-refractivity contribution in [3.8, 4) is 0 Å². The molecule has 2 unspecified atom stereocenters. The van der Waals surface area contributed by atoms with Crippen LogP contribution in [0.2, 0.25) is 0 Å². The predicted molar refractivity (Wildman–Crippen MR) is 161 cm³/mol. The van der Waals surface area contributed by atoms with Crippen molar-refractivity contribution in [1.82, 2.24) is 10.2 Å². The monoisotopic (exact) mass is 581 g/mol. The summed E-state index contributed by atoms with van der Waals surface area (Å²) in [6.45, 7) is 5.77. The van der Waals surface area contributed by atoms with Crippen LogP contribution in [0.5, 0.6) is 0 Å². The van der Waals surface area contributed by atoms with Crippen molar-refractivity contribution in [2.75, 3.05) is 17.1 Å². The number of sulfonamides is 1. The van der Waals surface area contributed by atoms with Crippen LogP contribution in [0.3, 0.4) is 0 Å². The Morgan fingerprint density at radius 3 is 2.20 bits per heavy atom. The smallest absolute Gasteiger partial charge is 0.243 e. The second kappa shape index (κ2) is 14.8. The van der Waals surface area contributed by atoms with Gasteiger partial charge in [-0.25, -0.2) is 12.8 Å². The Bertz CT molecular complexity index is 1400. The summed E-state index contributed by atoms with van der Waals surface area (Å²) in [6.07, 6.45) is 2.30. The van der Waals surface area contributed by atoms with Crippen molar-refractivity contribution in [3.63, 3.8) is 0 Å². The van der Waals surface area contributed by atoms with Crippen LogP contribution in [0.4, 0.5) is 10.1 Å². The van der Waals surface area contributed by atoms with Gasteiger partial charge in [-0.1, -0.05) is 73.2 Å². The number of carbonyl (C=O) groups is 2. The van der Waals surface area contributed by atoms with Crippen LogP contribution in [-0.2, 0) is 32.6 Å². The normalized spacial score (nSPS) is 12.8. The van der Waals surface area contributed by atoms with Crippen LogP contribution in [0.1, 0.15) is 49.8 Å². The molecule has 3 rings (SSSR count). The molecule has 0 radical (unpaired) electrons. The van der Waals surface area contributed by atoms with E-state index in [1.807, 2.05) is 63.2 Å². The maximum absolute atomic E-state index is 14.8. The summed E-state index contributed by atoms with van der Waals surface area (Å²) in [6, 6.07) is 21.7. The third-order valence-corrected chi connectivity index (χ3v) is 8.24. The Balaban J connectivity index is 1.89. The van der Waals surface area contributed by atoms with E-state index >= 15 is 0 Å². The highest BCUT2D eigenvalue weighted by molar-refractivity contribution is 7.92. The van der Waals surface area contributed by atoms with Gasteiger partial charge in [0, 0.05) is 37.5 Å². The van der Waals surface area contributed by atoms with E-state index in [1.165, 1.54) is 15.3 Å². The van der Waals surface area contributed by atoms with Crippen molar-refractivity contribution in [2.24, 2.45) is 0 Å². The number of halogens is 1. The zero-order valence-corrected chi connectivity index (χ0v) is 25.0. The van der Waals surface area contributed by atoms with E-state index in [2.05, 4.69) is 5.32 Å². The van der Waals surface area contributed by atoms with E-state index in [9.17, 15) is 22.4 Å². The largest absolute Gasteiger partial charge is 0.352 e. The Morgan fingerprint density at radius 2 is 1.59 bits per heavy atom. The topological polar surface area (TPSA) is 86.8 Å². The lowest BCUT2D eigenvalue weighted by Crippen LogP contribution is -2.52. The molecule has 3 aromatic carbocycles. The molecular formula is C32H40FN3O4S. The fourth-order valence-electron chi connectivity index (χ4n) is 4.52. The Morgan fingerprint density at radius 1 is 0.951 bits per heavy atom. The van der Waals surface area contributed by atoms with Gasteiger partial charge < -0.3 is 10.2 Å². The highest BCUT2D eigenvalue weighted by atomic mass is 32.2.